The molecule has 2 rings (SSSR count). The highest BCUT2D eigenvalue weighted by atomic mass is 16.4. The van der Waals surface area contributed by atoms with Gasteiger partial charge in [0.2, 0.25) is 5.95 Å². The van der Waals surface area contributed by atoms with Gasteiger partial charge < -0.3 is 5.11 Å². The highest BCUT2D eigenvalue weighted by molar-refractivity contribution is 6.34. The van der Waals surface area contributed by atoms with Crippen molar-refractivity contribution in [3.63, 3.8) is 0 Å². The average molecular weight is 236 g/mol. The molecule has 9 nitrogen and oxygen atoms in total. The van der Waals surface area contributed by atoms with Gasteiger partial charge >= 0.3 is 5.97 Å². The molecular weight excluding hydrogens is 228 g/mol. The predicted molar refractivity (Wildman–Crippen MR) is 58.9 cm³/mol. The average Bonchev–Trinajstić information content (AvgIpc) is 2.74. The van der Waals surface area contributed by atoms with Gasteiger partial charge in [-0.1, -0.05) is 0 Å². The minimum atomic E-state index is -1.16. The van der Waals surface area contributed by atoms with E-state index in [1.807, 2.05) is 0 Å². The number of carboxylic acid groups (broad SMARTS) is 1. The standard InChI is InChI=1S/C8H8N6O3/c1-3(7(16)17)12-14-8-10-5-4(2-9-13-5)6(15)11-8/h2H,1H3,(H,16,17)(H3,9,10,11,13,14,15)/b12-3-. The maximum absolute atomic E-state index is 11.5. The summed E-state index contributed by atoms with van der Waals surface area (Å²) in [5.74, 6) is -1.13. The lowest BCUT2D eigenvalue weighted by Crippen LogP contribution is -2.14. The lowest BCUT2D eigenvalue weighted by molar-refractivity contribution is -0.129. The maximum Gasteiger partial charge on any atom is 0.351 e. The van der Waals surface area contributed by atoms with Gasteiger partial charge in [-0.3, -0.25) is 14.9 Å². The molecule has 0 atom stereocenters. The predicted octanol–water partition coefficient (Wildman–Crippen LogP) is -0.481. The Hall–Kier alpha value is -2.71. The number of H-pyrrole nitrogens is 2. The van der Waals surface area contributed by atoms with Crippen molar-refractivity contribution in [1.82, 2.24) is 20.2 Å². The molecule has 88 valence electrons. The second-order valence-corrected chi connectivity index (χ2v) is 3.16. The zero-order valence-electron chi connectivity index (χ0n) is 8.68. The second-order valence-electron chi connectivity index (χ2n) is 3.16. The zero-order valence-corrected chi connectivity index (χ0v) is 8.68. The van der Waals surface area contributed by atoms with Crippen LogP contribution in [0.1, 0.15) is 6.92 Å². The molecule has 2 aromatic heterocycles. The third-order valence-electron chi connectivity index (χ3n) is 1.96. The van der Waals surface area contributed by atoms with Gasteiger partial charge in [-0.2, -0.15) is 15.2 Å². The molecule has 0 fully saturated rings. The van der Waals surface area contributed by atoms with Crippen LogP contribution in [0.4, 0.5) is 5.95 Å². The number of anilines is 1. The van der Waals surface area contributed by atoms with Gasteiger partial charge in [0, 0.05) is 0 Å². The molecule has 0 saturated heterocycles. The van der Waals surface area contributed by atoms with Gasteiger partial charge in [0.25, 0.3) is 5.56 Å². The molecule has 0 saturated carbocycles. The first-order valence-corrected chi connectivity index (χ1v) is 4.55. The fourth-order valence-corrected chi connectivity index (χ4v) is 1.08. The lowest BCUT2D eigenvalue weighted by atomic mass is 10.4. The Kier molecular flexibility index (Phi) is 2.57. The highest BCUT2D eigenvalue weighted by Gasteiger charge is 2.05. The van der Waals surface area contributed by atoms with Crippen molar-refractivity contribution in [3.05, 3.63) is 16.6 Å². The van der Waals surface area contributed by atoms with E-state index in [1.165, 1.54) is 13.1 Å². The van der Waals surface area contributed by atoms with Crippen LogP contribution in [0.2, 0.25) is 0 Å². The van der Waals surface area contributed by atoms with Crippen molar-refractivity contribution < 1.29 is 9.90 Å². The molecule has 0 aliphatic carbocycles. The quantitative estimate of drug-likeness (QED) is 0.419. The molecule has 0 bridgehead atoms. The van der Waals surface area contributed by atoms with E-state index < -0.39 is 11.5 Å². The highest BCUT2D eigenvalue weighted by Crippen LogP contribution is 2.03. The molecule has 0 aliphatic heterocycles. The number of hydrogen-bond donors (Lipinski definition) is 4. The Balaban J connectivity index is 2.34. The lowest BCUT2D eigenvalue weighted by Gasteiger charge is -1.99. The number of aromatic amines is 2. The number of nitrogens with one attached hydrogen (secondary N) is 3. The Bertz CT molecular complexity index is 655. The number of rotatable bonds is 3. The van der Waals surface area contributed by atoms with Gasteiger partial charge in [-0.15, -0.1) is 0 Å². The Morgan fingerprint density at radius 2 is 2.35 bits per heavy atom. The number of carboxylic acids is 1. The van der Waals surface area contributed by atoms with E-state index in [2.05, 4.69) is 30.7 Å². The van der Waals surface area contributed by atoms with Gasteiger partial charge in [-0.25, -0.2) is 10.2 Å². The zero-order chi connectivity index (χ0) is 12.4. The van der Waals surface area contributed by atoms with Crippen LogP contribution in [-0.2, 0) is 4.79 Å². The Morgan fingerprint density at radius 1 is 1.59 bits per heavy atom. The van der Waals surface area contributed by atoms with Crippen LogP contribution in [0, 0.1) is 0 Å². The van der Waals surface area contributed by atoms with E-state index in [-0.39, 0.29) is 11.7 Å². The molecule has 4 N–H and O–H groups in total. The first kappa shape index (κ1) is 10.8. The minimum Gasteiger partial charge on any atom is -0.477 e. The molecule has 0 unspecified atom stereocenters. The molecular formula is C8H8N6O3. The minimum absolute atomic E-state index is 0.0346. The summed E-state index contributed by atoms with van der Waals surface area (Å²) in [5, 5.41) is 18.6. The summed E-state index contributed by atoms with van der Waals surface area (Å²) in [6.45, 7) is 1.31. The molecule has 0 amide bonds. The fourth-order valence-electron chi connectivity index (χ4n) is 1.08. The topological polar surface area (TPSA) is 136 Å². The second kappa shape index (κ2) is 4.04. The van der Waals surface area contributed by atoms with Crippen LogP contribution in [0.15, 0.2) is 16.1 Å². The third-order valence-corrected chi connectivity index (χ3v) is 1.96. The summed E-state index contributed by atoms with van der Waals surface area (Å²) in [7, 11) is 0. The molecule has 0 spiro atoms. The smallest absolute Gasteiger partial charge is 0.351 e. The largest absolute Gasteiger partial charge is 0.477 e. The maximum atomic E-state index is 11.5. The van der Waals surface area contributed by atoms with Gasteiger partial charge in [0.05, 0.1) is 6.20 Å². The summed E-state index contributed by atoms with van der Waals surface area (Å²) >= 11 is 0. The number of aromatic nitrogens is 4. The number of hydrazone groups is 1. The molecule has 0 radical (unpaired) electrons. The Labute approximate surface area is 93.6 Å². The van der Waals surface area contributed by atoms with Crippen LogP contribution in [0.5, 0.6) is 0 Å². The normalized spacial score (nSPS) is 11.7. The van der Waals surface area contributed by atoms with E-state index in [0.29, 0.717) is 11.0 Å². The molecule has 0 aliphatic rings. The molecule has 0 aromatic carbocycles. The van der Waals surface area contributed by atoms with Gasteiger partial charge in [-0.05, 0) is 6.92 Å². The van der Waals surface area contributed by atoms with Crippen LogP contribution in [-0.4, -0.2) is 37.0 Å². The van der Waals surface area contributed by atoms with E-state index in [9.17, 15) is 9.59 Å². The van der Waals surface area contributed by atoms with Crippen molar-refractivity contribution in [2.75, 3.05) is 5.43 Å². The molecule has 2 heterocycles. The van der Waals surface area contributed by atoms with Crippen LogP contribution < -0.4 is 11.0 Å². The van der Waals surface area contributed by atoms with E-state index in [1.54, 1.807) is 0 Å². The van der Waals surface area contributed by atoms with E-state index >= 15 is 0 Å². The SMILES string of the molecule is C/C(=N/Nc1nc2[nH]ncc2c(=O)[nH]1)C(=O)O. The number of fused-ring (bicyclic) bond motifs is 1. The van der Waals surface area contributed by atoms with Crippen LogP contribution >= 0.6 is 0 Å². The summed E-state index contributed by atoms with van der Waals surface area (Å²) in [5.41, 5.74) is 2.08. The first-order chi connectivity index (χ1) is 8.08. The number of carbonyl (C=O) groups is 1. The Morgan fingerprint density at radius 3 is 3.06 bits per heavy atom. The van der Waals surface area contributed by atoms with Gasteiger partial charge in [0.15, 0.2) is 5.65 Å². The number of nitrogens with zero attached hydrogens (tertiary/aromatic N) is 3. The van der Waals surface area contributed by atoms with Crippen molar-refractivity contribution in [3.8, 4) is 0 Å². The van der Waals surface area contributed by atoms with E-state index in [4.69, 9.17) is 5.11 Å². The van der Waals surface area contributed by atoms with E-state index in [0.717, 1.165) is 0 Å². The van der Waals surface area contributed by atoms with Crippen molar-refractivity contribution in [2.24, 2.45) is 5.10 Å². The number of aliphatic carboxylic acids is 1. The van der Waals surface area contributed by atoms with Crippen LogP contribution in [0.25, 0.3) is 11.0 Å². The van der Waals surface area contributed by atoms with Crippen molar-refractivity contribution >= 4 is 28.7 Å². The summed E-state index contributed by atoms with van der Waals surface area (Å²) in [6.07, 6.45) is 1.34. The fraction of sp³-hybridized carbons (Fsp3) is 0.125. The summed E-state index contributed by atoms with van der Waals surface area (Å²) in [4.78, 5) is 28.3. The summed E-state index contributed by atoms with van der Waals surface area (Å²) < 4.78 is 0. The van der Waals surface area contributed by atoms with Gasteiger partial charge in [0.1, 0.15) is 11.1 Å². The third kappa shape index (κ3) is 2.12. The summed E-state index contributed by atoms with van der Waals surface area (Å²) in [6, 6.07) is 0. The monoisotopic (exact) mass is 236 g/mol. The molecule has 2 aromatic rings. The van der Waals surface area contributed by atoms with Crippen molar-refractivity contribution in [1.29, 1.82) is 0 Å². The van der Waals surface area contributed by atoms with Crippen LogP contribution in [0.3, 0.4) is 0 Å². The first-order valence-electron chi connectivity index (χ1n) is 4.55. The van der Waals surface area contributed by atoms with Crippen molar-refractivity contribution in [2.45, 2.75) is 6.92 Å². The molecule has 17 heavy (non-hydrogen) atoms. The molecule has 9 heteroatoms. The number of hydrogen-bond acceptors (Lipinski definition) is 6.